The van der Waals surface area contributed by atoms with Crippen molar-refractivity contribution in [2.75, 3.05) is 0 Å². The molecule has 0 aromatic heterocycles. The predicted octanol–water partition coefficient (Wildman–Crippen LogP) is 4.06. The van der Waals surface area contributed by atoms with Crippen LogP contribution in [0.1, 0.15) is 56.0 Å². The maximum atomic E-state index is 12.0. The summed E-state index contributed by atoms with van der Waals surface area (Å²) in [4.78, 5) is 12.0. The van der Waals surface area contributed by atoms with Crippen LogP contribution in [0.2, 0.25) is 0 Å². The maximum absolute atomic E-state index is 12.0. The molecule has 1 N–H and O–H groups in total. The summed E-state index contributed by atoms with van der Waals surface area (Å²) < 4.78 is 0. The molecule has 0 radical (unpaired) electrons. The van der Waals surface area contributed by atoms with Crippen molar-refractivity contribution in [2.24, 2.45) is 11.0 Å². The molecule has 0 heterocycles. The number of hydrogen-bond donors (Lipinski definition) is 1. The molecule has 1 aromatic carbocycles. The van der Waals surface area contributed by atoms with Gasteiger partial charge >= 0.3 is 0 Å². The molecule has 0 aliphatic heterocycles. The molecule has 1 unspecified atom stereocenters. The fourth-order valence-corrected chi connectivity index (χ4v) is 2.34. The quantitative estimate of drug-likeness (QED) is 0.507. The zero-order valence-electron chi connectivity index (χ0n) is 13.1. The molecule has 3 nitrogen and oxygen atoms in total. The molecule has 2 rings (SSSR count). The smallest absolute Gasteiger partial charge is 0.267 e. The summed E-state index contributed by atoms with van der Waals surface area (Å²) in [5, 5.41) is 4.08. The number of amides is 1. The Kier molecular flexibility index (Phi) is 4.94. The molecule has 0 spiro atoms. The normalized spacial score (nSPS) is 18.9. The minimum Gasteiger partial charge on any atom is -0.267 e. The van der Waals surface area contributed by atoms with Crippen molar-refractivity contribution in [3.63, 3.8) is 0 Å². The monoisotopic (exact) mass is 284 g/mol. The first-order chi connectivity index (χ1) is 9.97. The second kappa shape index (κ2) is 6.70. The lowest BCUT2D eigenvalue weighted by Gasteiger charge is -2.18. The first kappa shape index (κ1) is 15.5. The zero-order chi connectivity index (χ0) is 15.3. The van der Waals surface area contributed by atoms with Crippen LogP contribution in [0.15, 0.2) is 41.5 Å². The first-order valence-corrected chi connectivity index (χ1v) is 7.56. The number of allylic oxidation sites excluding steroid dienone is 2. The summed E-state index contributed by atoms with van der Waals surface area (Å²) in [6.07, 6.45) is 9.44. The van der Waals surface area contributed by atoms with Crippen LogP contribution in [0.4, 0.5) is 0 Å². The summed E-state index contributed by atoms with van der Waals surface area (Å²) in [5.41, 5.74) is 4.57. The van der Waals surface area contributed by atoms with E-state index in [0.717, 1.165) is 19.3 Å². The van der Waals surface area contributed by atoms with Crippen LogP contribution in [-0.2, 0) is 5.41 Å². The van der Waals surface area contributed by atoms with Gasteiger partial charge in [0.15, 0.2) is 0 Å². The van der Waals surface area contributed by atoms with Crippen molar-refractivity contribution in [1.29, 1.82) is 0 Å². The summed E-state index contributed by atoms with van der Waals surface area (Å²) in [7, 11) is 0. The Bertz CT molecular complexity index is 535. The van der Waals surface area contributed by atoms with Crippen molar-refractivity contribution in [2.45, 2.75) is 45.4 Å². The van der Waals surface area contributed by atoms with Gasteiger partial charge in [-0.1, -0.05) is 45.1 Å². The fraction of sp³-hybridized carbons (Fsp3) is 0.444. The Morgan fingerprint density at radius 3 is 2.52 bits per heavy atom. The van der Waals surface area contributed by atoms with Gasteiger partial charge in [0.2, 0.25) is 0 Å². The van der Waals surface area contributed by atoms with Gasteiger partial charge < -0.3 is 0 Å². The third kappa shape index (κ3) is 4.55. The van der Waals surface area contributed by atoms with E-state index in [1.807, 2.05) is 30.5 Å². The van der Waals surface area contributed by atoms with Gasteiger partial charge in [0.1, 0.15) is 0 Å². The average molecular weight is 284 g/mol. The van der Waals surface area contributed by atoms with Gasteiger partial charge in [0.05, 0.1) is 0 Å². The van der Waals surface area contributed by atoms with Crippen LogP contribution in [-0.4, -0.2) is 12.1 Å². The van der Waals surface area contributed by atoms with Crippen molar-refractivity contribution < 1.29 is 4.79 Å². The molecule has 3 heteroatoms. The predicted molar refractivity (Wildman–Crippen MR) is 87.6 cm³/mol. The molecule has 0 saturated heterocycles. The summed E-state index contributed by atoms with van der Waals surface area (Å²) in [6, 6.07) is 7.72. The molecule has 21 heavy (non-hydrogen) atoms. The highest BCUT2D eigenvalue weighted by molar-refractivity contribution is 5.94. The van der Waals surface area contributed by atoms with E-state index in [2.05, 4.69) is 43.5 Å². The molecule has 1 aromatic rings. The lowest BCUT2D eigenvalue weighted by molar-refractivity contribution is 0.0955. The van der Waals surface area contributed by atoms with Crippen molar-refractivity contribution in [1.82, 2.24) is 5.43 Å². The van der Waals surface area contributed by atoms with Gasteiger partial charge in [0, 0.05) is 11.8 Å². The van der Waals surface area contributed by atoms with Crippen LogP contribution in [0, 0.1) is 5.92 Å². The van der Waals surface area contributed by atoms with Crippen LogP contribution < -0.4 is 5.43 Å². The van der Waals surface area contributed by atoms with Gasteiger partial charge in [-0.25, -0.2) is 5.43 Å². The summed E-state index contributed by atoms with van der Waals surface area (Å²) >= 11 is 0. The molecule has 0 bridgehead atoms. The molecule has 0 fully saturated rings. The molecule has 1 aliphatic carbocycles. The van der Waals surface area contributed by atoms with Crippen LogP contribution in [0.5, 0.6) is 0 Å². The Morgan fingerprint density at radius 2 is 1.95 bits per heavy atom. The molecule has 112 valence electrons. The van der Waals surface area contributed by atoms with E-state index in [0.29, 0.717) is 11.5 Å². The Labute approximate surface area is 127 Å². The van der Waals surface area contributed by atoms with E-state index in [9.17, 15) is 4.79 Å². The third-order valence-corrected chi connectivity index (χ3v) is 3.77. The molecule has 1 amide bonds. The number of benzene rings is 1. The van der Waals surface area contributed by atoms with Gasteiger partial charge in [-0.15, -0.1) is 0 Å². The van der Waals surface area contributed by atoms with E-state index in [-0.39, 0.29) is 11.3 Å². The molecular formula is C18H24N2O. The Morgan fingerprint density at radius 1 is 1.24 bits per heavy atom. The Balaban J connectivity index is 1.91. The number of nitrogens with zero attached hydrogens (tertiary/aromatic N) is 1. The number of carbonyl (C=O) groups is 1. The lowest BCUT2D eigenvalue weighted by atomic mass is 9.87. The number of nitrogens with one attached hydrogen (secondary N) is 1. The molecule has 1 aliphatic rings. The fourth-order valence-electron chi connectivity index (χ4n) is 2.34. The van der Waals surface area contributed by atoms with Gasteiger partial charge in [-0.2, -0.15) is 5.10 Å². The largest absolute Gasteiger partial charge is 0.271 e. The highest BCUT2D eigenvalue weighted by atomic mass is 16.2. The highest BCUT2D eigenvalue weighted by Gasteiger charge is 2.14. The minimum atomic E-state index is -0.155. The van der Waals surface area contributed by atoms with Crippen molar-refractivity contribution >= 4 is 12.1 Å². The maximum Gasteiger partial charge on any atom is 0.271 e. The molecule has 0 saturated carbocycles. The number of rotatable bonds is 3. The second-order valence-electron chi connectivity index (χ2n) is 6.59. The summed E-state index contributed by atoms with van der Waals surface area (Å²) in [6.45, 7) is 6.47. The second-order valence-corrected chi connectivity index (χ2v) is 6.59. The lowest BCUT2D eigenvalue weighted by Crippen LogP contribution is -2.19. The van der Waals surface area contributed by atoms with E-state index in [4.69, 9.17) is 0 Å². The van der Waals surface area contributed by atoms with Crippen molar-refractivity contribution in [3.8, 4) is 0 Å². The van der Waals surface area contributed by atoms with Crippen LogP contribution in [0.3, 0.4) is 0 Å². The highest BCUT2D eigenvalue weighted by Crippen LogP contribution is 2.22. The third-order valence-electron chi connectivity index (χ3n) is 3.77. The van der Waals surface area contributed by atoms with E-state index < -0.39 is 0 Å². The average Bonchev–Trinajstić information content (AvgIpc) is 2.47. The number of carbonyl (C=O) groups excluding carboxylic acids is 1. The Hall–Kier alpha value is -1.90. The zero-order valence-corrected chi connectivity index (χ0v) is 13.1. The standard InChI is InChI=1S/C18H24N2O/c1-18(2,3)16-11-9-15(10-12-16)17(21)20-19-13-14-7-5-4-6-8-14/h4-5,9-14H,6-8H2,1-3H3,(H,20,21)/b19-13+. The topological polar surface area (TPSA) is 41.5 Å². The summed E-state index contributed by atoms with van der Waals surface area (Å²) in [5.74, 6) is 0.289. The SMILES string of the molecule is CC(C)(C)c1ccc(C(=O)N/N=C/C2CC=CCC2)cc1. The van der Waals surface area contributed by atoms with E-state index >= 15 is 0 Å². The molecule has 1 atom stereocenters. The molecular weight excluding hydrogens is 260 g/mol. The van der Waals surface area contributed by atoms with E-state index in [1.54, 1.807) is 0 Å². The van der Waals surface area contributed by atoms with Crippen molar-refractivity contribution in [3.05, 3.63) is 47.5 Å². The van der Waals surface area contributed by atoms with Gasteiger partial charge in [-0.05, 0) is 48.3 Å². The van der Waals surface area contributed by atoms with E-state index in [1.165, 1.54) is 5.56 Å². The number of hydrazone groups is 1. The van der Waals surface area contributed by atoms with Gasteiger partial charge in [-0.3, -0.25) is 4.79 Å². The van der Waals surface area contributed by atoms with Gasteiger partial charge in [0.25, 0.3) is 5.91 Å². The number of hydrogen-bond acceptors (Lipinski definition) is 2. The van der Waals surface area contributed by atoms with Crippen LogP contribution >= 0.6 is 0 Å². The minimum absolute atomic E-state index is 0.0989. The van der Waals surface area contributed by atoms with Crippen LogP contribution in [0.25, 0.3) is 0 Å². The first-order valence-electron chi connectivity index (χ1n) is 7.56.